The Balaban J connectivity index is 1.96. The van der Waals surface area contributed by atoms with Crippen LogP contribution in [0.1, 0.15) is 17.9 Å². The second-order valence-corrected chi connectivity index (χ2v) is 9.58. The molecule has 7 heteroatoms. The number of benzene rings is 2. The highest BCUT2D eigenvalue weighted by molar-refractivity contribution is 9.10. The Hall–Kier alpha value is -1.83. The fraction of sp³-hybridized carbons (Fsp3) is 0.300. The number of hydrogen-bond donors (Lipinski definition) is 0. The summed E-state index contributed by atoms with van der Waals surface area (Å²) >= 11 is 3.38. The maximum Gasteiger partial charge on any atom is 0.269 e. The van der Waals surface area contributed by atoms with Crippen molar-refractivity contribution < 1.29 is 13.2 Å². The van der Waals surface area contributed by atoms with Gasteiger partial charge in [0.25, 0.3) is 10.0 Å². The van der Waals surface area contributed by atoms with Crippen LogP contribution in [0.4, 0.5) is 0 Å². The van der Waals surface area contributed by atoms with E-state index in [1.54, 1.807) is 43.6 Å². The maximum atomic E-state index is 13.4. The molecule has 1 aliphatic heterocycles. The van der Waals surface area contributed by atoms with Crippen LogP contribution in [0, 0.1) is 0 Å². The highest BCUT2D eigenvalue weighted by Gasteiger charge is 2.28. The SMILES string of the molecule is COc1ccc2c(C3CCN(C)C3)cn(S(=O)(=O)c3ccccc3Br)c2c1. The average Bonchev–Trinajstić information content (AvgIpc) is 3.25. The zero-order valence-corrected chi connectivity index (χ0v) is 17.6. The lowest BCUT2D eigenvalue weighted by Gasteiger charge is -2.10. The van der Waals surface area contributed by atoms with E-state index < -0.39 is 10.0 Å². The summed E-state index contributed by atoms with van der Waals surface area (Å²) in [5, 5.41) is 0.965. The first-order chi connectivity index (χ1) is 12.9. The van der Waals surface area contributed by atoms with E-state index in [0.717, 1.165) is 30.5 Å². The Kier molecular flexibility index (Phi) is 4.78. The molecule has 4 rings (SSSR count). The Bertz CT molecular complexity index is 1110. The summed E-state index contributed by atoms with van der Waals surface area (Å²) in [6, 6.07) is 12.6. The van der Waals surface area contributed by atoms with E-state index in [1.807, 2.05) is 12.1 Å². The molecule has 1 aromatic heterocycles. The number of aromatic nitrogens is 1. The minimum absolute atomic E-state index is 0.250. The molecule has 0 spiro atoms. The summed E-state index contributed by atoms with van der Waals surface area (Å²) in [7, 11) is -0.0587. The van der Waals surface area contributed by atoms with Gasteiger partial charge < -0.3 is 9.64 Å². The van der Waals surface area contributed by atoms with Crippen LogP contribution in [0.3, 0.4) is 0 Å². The first-order valence-electron chi connectivity index (χ1n) is 8.79. The summed E-state index contributed by atoms with van der Waals surface area (Å²) < 4.78 is 34.2. The van der Waals surface area contributed by atoms with Crippen molar-refractivity contribution in [1.29, 1.82) is 0 Å². The second kappa shape index (κ2) is 6.96. The number of methoxy groups -OCH3 is 1. The molecule has 3 aromatic rings. The normalized spacial score (nSPS) is 18.3. The van der Waals surface area contributed by atoms with E-state index in [-0.39, 0.29) is 4.90 Å². The third-order valence-electron chi connectivity index (χ3n) is 5.21. The van der Waals surface area contributed by atoms with Gasteiger partial charge in [-0.1, -0.05) is 12.1 Å². The quantitative estimate of drug-likeness (QED) is 0.603. The van der Waals surface area contributed by atoms with Crippen LogP contribution in [0.5, 0.6) is 5.75 Å². The number of ether oxygens (including phenoxy) is 1. The molecule has 1 aliphatic rings. The number of likely N-dealkylation sites (tertiary alicyclic amines) is 1. The molecular formula is C20H21BrN2O3S. The summed E-state index contributed by atoms with van der Waals surface area (Å²) in [5.74, 6) is 0.959. The molecule has 1 atom stereocenters. The molecular weight excluding hydrogens is 428 g/mol. The van der Waals surface area contributed by atoms with Gasteiger partial charge in [0, 0.05) is 28.7 Å². The van der Waals surface area contributed by atoms with E-state index in [0.29, 0.717) is 21.7 Å². The Morgan fingerprint density at radius 2 is 1.96 bits per heavy atom. The first-order valence-corrected chi connectivity index (χ1v) is 11.0. The molecule has 0 bridgehead atoms. The van der Waals surface area contributed by atoms with Gasteiger partial charge in [0.1, 0.15) is 10.6 Å². The van der Waals surface area contributed by atoms with Crippen molar-refractivity contribution >= 4 is 36.9 Å². The van der Waals surface area contributed by atoms with Crippen molar-refractivity contribution in [3.8, 4) is 5.75 Å². The van der Waals surface area contributed by atoms with Gasteiger partial charge >= 0.3 is 0 Å². The van der Waals surface area contributed by atoms with Crippen molar-refractivity contribution in [2.45, 2.75) is 17.2 Å². The summed E-state index contributed by atoms with van der Waals surface area (Å²) in [6.07, 6.45) is 2.82. The van der Waals surface area contributed by atoms with Crippen LogP contribution < -0.4 is 4.74 Å². The fourth-order valence-electron chi connectivity index (χ4n) is 3.80. The largest absolute Gasteiger partial charge is 0.497 e. The number of fused-ring (bicyclic) bond motifs is 1. The standard InChI is InChI=1S/C20H21BrN2O3S/c1-22-10-9-14(12-22)17-13-23(19-11-15(26-2)7-8-16(17)19)27(24,25)20-6-4-3-5-18(20)21/h3-8,11,13-14H,9-10,12H2,1-2H3. The highest BCUT2D eigenvalue weighted by atomic mass is 79.9. The zero-order valence-electron chi connectivity index (χ0n) is 15.2. The zero-order chi connectivity index (χ0) is 19.2. The number of rotatable bonds is 4. The van der Waals surface area contributed by atoms with E-state index in [4.69, 9.17) is 4.74 Å². The molecule has 2 heterocycles. The maximum absolute atomic E-state index is 13.4. The van der Waals surface area contributed by atoms with Crippen molar-refractivity contribution in [3.63, 3.8) is 0 Å². The Morgan fingerprint density at radius 3 is 2.63 bits per heavy atom. The van der Waals surface area contributed by atoms with Crippen LogP contribution in [-0.2, 0) is 10.0 Å². The lowest BCUT2D eigenvalue weighted by Crippen LogP contribution is -2.14. The molecule has 1 fully saturated rings. The minimum atomic E-state index is -3.74. The van der Waals surface area contributed by atoms with Crippen LogP contribution in [0.15, 0.2) is 58.0 Å². The average molecular weight is 449 g/mol. The van der Waals surface area contributed by atoms with E-state index in [2.05, 4.69) is 27.9 Å². The lowest BCUT2D eigenvalue weighted by atomic mass is 9.98. The lowest BCUT2D eigenvalue weighted by molar-refractivity contribution is 0.412. The van der Waals surface area contributed by atoms with Gasteiger partial charge in [-0.3, -0.25) is 0 Å². The summed E-state index contributed by atoms with van der Waals surface area (Å²) in [5.41, 5.74) is 1.72. The van der Waals surface area contributed by atoms with Gasteiger partial charge in [0.05, 0.1) is 12.6 Å². The molecule has 5 nitrogen and oxygen atoms in total. The Morgan fingerprint density at radius 1 is 1.19 bits per heavy atom. The van der Waals surface area contributed by atoms with Crippen LogP contribution >= 0.6 is 15.9 Å². The molecule has 0 saturated carbocycles. The molecule has 0 radical (unpaired) electrons. The molecule has 2 aromatic carbocycles. The van der Waals surface area contributed by atoms with Gasteiger partial charge in [0.2, 0.25) is 0 Å². The Labute approximate surface area is 167 Å². The van der Waals surface area contributed by atoms with Crippen LogP contribution in [0.25, 0.3) is 10.9 Å². The van der Waals surface area contributed by atoms with Crippen LogP contribution in [0.2, 0.25) is 0 Å². The predicted octanol–water partition coefficient (Wildman–Crippen LogP) is 4.07. The fourth-order valence-corrected chi connectivity index (χ4v) is 6.14. The second-order valence-electron chi connectivity index (χ2n) is 6.95. The monoisotopic (exact) mass is 448 g/mol. The van der Waals surface area contributed by atoms with Gasteiger partial charge in [-0.05, 0) is 71.7 Å². The van der Waals surface area contributed by atoms with Crippen LogP contribution in [-0.4, -0.2) is 44.5 Å². The molecule has 27 heavy (non-hydrogen) atoms. The minimum Gasteiger partial charge on any atom is -0.497 e. The number of nitrogens with zero attached hydrogens (tertiary/aromatic N) is 2. The molecule has 142 valence electrons. The molecule has 1 unspecified atom stereocenters. The van der Waals surface area contributed by atoms with Crippen molar-refractivity contribution in [1.82, 2.24) is 8.87 Å². The van der Waals surface area contributed by atoms with Crippen molar-refractivity contribution in [3.05, 3.63) is 58.7 Å². The molecule has 0 aliphatic carbocycles. The number of hydrogen-bond acceptors (Lipinski definition) is 4. The molecule has 0 amide bonds. The van der Waals surface area contributed by atoms with Crippen molar-refractivity contribution in [2.24, 2.45) is 0 Å². The number of halogens is 1. The topological polar surface area (TPSA) is 51.5 Å². The van der Waals surface area contributed by atoms with Gasteiger partial charge in [0.15, 0.2) is 0 Å². The van der Waals surface area contributed by atoms with E-state index in [9.17, 15) is 8.42 Å². The molecule has 1 saturated heterocycles. The van der Waals surface area contributed by atoms with Gasteiger partial charge in [-0.25, -0.2) is 12.4 Å². The third kappa shape index (κ3) is 3.17. The first kappa shape index (κ1) is 18.5. The summed E-state index contributed by atoms with van der Waals surface area (Å²) in [6.45, 7) is 1.95. The smallest absolute Gasteiger partial charge is 0.269 e. The summed E-state index contributed by atoms with van der Waals surface area (Å²) in [4.78, 5) is 2.53. The van der Waals surface area contributed by atoms with E-state index in [1.165, 1.54) is 3.97 Å². The van der Waals surface area contributed by atoms with Gasteiger partial charge in [-0.2, -0.15) is 0 Å². The van der Waals surface area contributed by atoms with Gasteiger partial charge in [-0.15, -0.1) is 0 Å². The van der Waals surface area contributed by atoms with E-state index >= 15 is 0 Å². The highest BCUT2D eigenvalue weighted by Crippen LogP contribution is 2.37. The van der Waals surface area contributed by atoms with Crippen molar-refractivity contribution in [2.75, 3.05) is 27.2 Å². The predicted molar refractivity (Wildman–Crippen MR) is 110 cm³/mol. The molecule has 0 N–H and O–H groups in total. The third-order valence-corrected chi connectivity index (χ3v) is 7.90. The number of likely N-dealkylation sites (N-methyl/N-ethyl adjacent to an activating group) is 1.